The minimum Gasteiger partial charge on any atom is -0.481 e. The van der Waals surface area contributed by atoms with E-state index in [-0.39, 0.29) is 11.5 Å². The molecule has 0 radical (unpaired) electrons. The van der Waals surface area contributed by atoms with E-state index in [1.165, 1.54) is 19.9 Å². The van der Waals surface area contributed by atoms with E-state index in [0.29, 0.717) is 0 Å². The lowest BCUT2D eigenvalue weighted by molar-refractivity contribution is -0.158. The number of allylic oxidation sites excluding steroid dienone is 1. The summed E-state index contributed by atoms with van der Waals surface area (Å²) in [5.74, 6) is -3.47. The van der Waals surface area contributed by atoms with Gasteiger partial charge in [-0.05, 0) is 13.3 Å². The fourth-order valence-electron chi connectivity index (χ4n) is 2.09. The van der Waals surface area contributed by atoms with Gasteiger partial charge in [-0.15, -0.1) is 0 Å². The Bertz CT molecular complexity index is 453. The Kier molecular flexibility index (Phi) is 3.22. The molecule has 3 unspecified atom stereocenters. The van der Waals surface area contributed by atoms with Crippen LogP contribution in [0.1, 0.15) is 20.3 Å². The molecule has 17 heavy (non-hydrogen) atoms. The molecular formula is C11H12ClNO4. The summed E-state index contributed by atoms with van der Waals surface area (Å²) in [7, 11) is 0. The summed E-state index contributed by atoms with van der Waals surface area (Å²) in [6, 6.07) is 1.73. The molecule has 0 bridgehead atoms. The molecular weight excluding hydrogens is 246 g/mol. The van der Waals surface area contributed by atoms with Crippen molar-refractivity contribution < 1.29 is 19.8 Å². The molecule has 0 heterocycles. The molecule has 0 aliphatic heterocycles. The van der Waals surface area contributed by atoms with Crippen molar-refractivity contribution in [3.8, 4) is 6.07 Å². The molecule has 0 aromatic heterocycles. The van der Waals surface area contributed by atoms with Gasteiger partial charge in [-0.1, -0.05) is 24.6 Å². The number of aliphatic carboxylic acids is 2. The molecule has 2 N–H and O–H groups in total. The van der Waals surface area contributed by atoms with Crippen LogP contribution in [0, 0.1) is 28.1 Å². The minimum absolute atomic E-state index is 0.0737. The average Bonchev–Trinajstić information content (AvgIpc) is 2.26. The van der Waals surface area contributed by atoms with E-state index in [4.69, 9.17) is 16.9 Å². The summed E-state index contributed by atoms with van der Waals surface area (Å²) in [6.45, 7) is 2.77. The van der Waals surface area contributed by atoms with E-state index in [2.05, 4.69) is 0 Å². The molecule has 0 aromatic rings. The van der Waals surface area contributed by atoms with Crippen molar-refractivity contribution >= 4 is 23.5 Å². The van der Waals surface area contributed by atoms with Gasteiger partial charge in [0.2, 0.25) is 0 Å². The highest BCUT2D eigenvalue weighted by molar-refractivity contribution is 6.32. The lowest BCUT2D eigenvalue weighted by Gasteiger charge is -2.42. The van der Waals surface area contributed by atoms with Gasteiger partial charge < -0.3 is 10.2 Å². The number of carbonyl (C=O) groups is 2. The Labute approximate surface area is 103 Å². The van der Waals surface area contributed by atoms with E-state index in [9.17, 15) is 19.8 Å². The molecule has 0 amide bonds. The first-order valence-electron chi connectivity index (χ1n) is 4.97. The van der Waals surface area contributed by atoms with Crippen molar-refractivity contribution in [1.82, 2.24) is 0 Å². The Morgan fingerprint density at radius 2 is 2.06 bits per heavy atom. The third-order valence-corrected chi connectivity index (χ3v) is 4.28. The summed E-state index contributed by atoms with van der Waals surface area (Å²) >= 11 is 5.88. The molecule has 1 aliphatic rings. The number of nitrogens with zero attached hydrogens (tertiary/aromatic N) is 1. The lowest BCUT2D eigenvalue weighted by atomic mass is 9.59. The summed E-state index contributed by atoms with van der Waals surface area (Å²) in [5, 5.41) is 27.6. The Hall–Kier alpha value is -1.54. The van der Waals surface area contributed by atoms with Crippen LogP contribution in [0.15, 0.2) is 11.1 Å². The normalized spacial score (nSPS) is 36.8. The van der Waals surface area contributed by atoms with Gasteiger partial charge in [-0.25, -0.2) is 0 Å². The second-order valence-electron chi connectivity index (χ2n) is 4.37. The average molecular weight is 258 g/mol. The van der Waals surface area contributed by atoms with Gasteiger partial charge in [0.05, 0.1) is 6.07 Å². The van der Waals surface area contributed by atoms with Gasteiger partial charge in [0.25, 0.3) is 0 Å². The van der Waals surface area contributed by atoms with Crippen molar-refractivity contribution in [3.63, 3.8) is 0 Å². The van der Waals surface area contributed by atoms with Crippen molar-refractivity contribution in [2.75, 3.05) is 0 Å². The smallest absolute Gasteiger partial charge is 0.324 e. The summed E-state index contributed by atoms with van der Waals surface area (Å²) in [4.78, 5) is 22.5. The van der Waals surface area contributed by atoms with Crippen molar-refractivity contribution in [2.45, 2.75) is 20.3 Å². The van der Waals surface area contributed by atoms with E-state index < -0.39 is 28.7 Å². The Morgan fingerprint density at radius 1 is 1.53 bits per heavy atom. The van der Waals surface area contributed by atoms with Crippen LogP contribution in [0.5, 0.6) is 0 Å². The maximum Gasteiger partial charge on any atom is 0.324 e. The molecule has 0 saturated carbocycles. The molecule has 1 aliphatic carbocycles. The Balaban J connectivity index is 3.45. The highest BCUT2D eigenvalue weighted by Gasteiger charge is 2.58. The molecule has 0 aromatic carbocycles. The van der Waals surface area contributed by atoms with Gasteiger partial charge in [0.1, 0.15) is 5.41 Å². The molecule has 1 rings (SSSR count). The number of halogens is 1. The number of rotatable bonds is 2. The molecule has 3 atom stereocenters. The van der Waals surface area contributed by atoms with Crippen LogP contribution >= 0.6 is 11.6 Å². The summed E-state index contributed by atoms with van der Waals surface area (Å²) < 4.78 is 0. The van der Waals surface area contributed by atoms with Crippen LogP contribution in [0.4, 0.5) is 0 Å². The van der Waals surface area contributed by atoms with E-state index in [1.807, 2.05) is 0 Å². The van der Waals surface area contributed by atoms with Gasteiger partial charge in [0.15, 0.2) is 5.41 Å². The molecule has 92 valence electrons. The number of nitriles is 1. The largest absolute Gasteiger partial charge is 0.481 e. The molecule has 0 saturated heterocycles. The van der Waals surface area contributed by atoms with Crippen LogP contribution in [0.25, 0.3) is 0 Å². The van der Waals surface area contributed by atoms with Crippen LogP contribution in [0.2, 0.25) is 0 Å². The van der Waals surface area contributed by atoms with Crippen LogP contribution in [0.3, 0.4) is 0 Å². The fourth-order valence-corrected chi connectivity index (χ4v) is 2.41. The van der Waals surface area contributed by atoms with E-state index in [0.717, 1.165) is 0 Å². The SMILES string of the molecule is CC1C(C#N)(C(=O)O)CC=C(Cl)C1(C)C(=O)O. The molecule has 6 heteroatoms. The zero-order valence-corrected chi connectivity index (χ0v) is 10.2. The zero-order valence-electron chi connectivity index (χ0n) is 9.40. The maximum absolute atomic E-state index is 11.3. The predicted octanol–water partition coefficient (Wildman–Crippen LogP) is 1.83. The minimum atomic E-state index is -1.74. The van der Waals surface area contributed by atoms with Gasteiger partial charge in [-0.3, -0.25) is 9.59 Å². The first-order valence-corrected chi connectivity index (χ1v) is 5.35. The highest BCUT2D eigenvalue weighted by Crippen LogP contribution is 2.52. The standard InChI is InChI=1S/C11H12ClNO4/c1-6-10(2,8(14)15)7(12)3-4-11(6,5-13)9(16)17/h3,6H,4H2,1-2H3,(H,14,15)(H,16,17). The summed E-state index contributed by atoms with van der Waals surface area (Å²) in [5.41, 5.74) is -3.29. The molecule has 0 fully saturated rings. The predicted molar refractivity (Wildman–Crippen MR) is 59.1 cm³/mol. The third kappa shape index (κ3) is 1.60. The quantitative estimate of drug-likeness (QED) is 0.786. The van der Waals surface area contributed by atoms with Gasteiger partial charge in [-0.2, -0.15) is 5.26 Å². The van der Waals surface area contributed by atoms with Gasteiger partial charge >= 0.3 is 11.9 Å². The van der Waals surface area contributed by atoms with E-state index in [1.54, 1.807) is 6.07 Å². The zero-order chi connectivity index (χ0) is 13.4. The fraction of sp³-hybridized carbons (Fsp3) is 0.545. The van der Waals surface area contributed by atoms with Crippen LogP contribution in [-0.4, -0.2) is 22.2 Å². The number of carboxylic acid groups (broad SMARTS) is 2. The summed E-state index contributed by atoms with van der Waals surface area (Å²) in [6.07, 6.45) is 1.23. The second-order valence-corrected chi connectivity index (χ2v) is 4.78. The Morgan fingerprint density at radius 3 is 2.41 bits per heavy atom. The second kappa shape index (κ2) is 4.04. The first-order chi connectivity index (χ1) is 7.73. The molecule has 0 spiro atoms. The monoisotopic (exact) mass is 257 g/mol. The van der Waals surface area contributed by atoms with Gasteiger partial charge in [0, 0.05) is 11.0 Å². The molecule has 5 nitrogen and oxygen atoms in total. The number of carboxylic acids is 2. The maximum atomic E-state index is 11.3. The first kappa shape index (κ1) is 13.5. The number of hydrogen-bond donors (Lipinski definition) is 2. The van der Waals surface area contributed by atoms with Crippen molar-refractivity contribution in [1.29, 1.82) is 5.26 Å². The van der Waals surface area contributed by atoms with Crippen LogP contribution in [-0.2, 0) is 9.59 Å². The van der Waals surface area contributed by atoms with Crippen LogP contribution < -0.4 is 0 Å². The topological polar surface area (TPSA) is 98.4 Å². The lowest BCUT2D eigenvalue weighted by Crippen LogP contribution is -2.50. The third-order valence-electron chi connectivity index (χ3n) is 3.73. The van der Waals surface area contributed by atoms with Crippen molar-refractivity contribution in [3.05, 3.63) is 11.1 Å². The number of hydrogen-bond acceptors (Lipinski definition) is 3. The van der Waals surface area contributed by atoms with Crippen molar-refractivity contribution in [2.24, 2.45) is 16.7 Å². The van der Waals surface area contributed by atoms with E-state index >= 15 is 0 Å². The highest BCUT2D eigenvalue weighted by atomic mass is 35.5.